The lowest BCUT2D eigenvalue weighted by molar-refractivity contribution is 0.109. The highest BCUT2D eigenvalue weighted by atomic mass is 32.2. The summed E-state index contributed by atoms with van der Waals surface area (Å²) < 4.78 is 28.3. The smallest absolute Gasteiger partial charge is 0.151 e. The van der Waals surface area contributed by atoms with E-state index < -0.39 is 9.84 Å². The summed E-state index contributed by atoms with van der Waals surface area (Å²) in [6, 6.07) is 0. The molecule has 2 aliphatic heterocycles. The van der Waals surface area contributed by atoms with Crippen LogP contribution < -0.4 is 5.73 Å². The van der Waals surface area contributed by atoms with Crippen LogP contribution in [0.5, 0.6) is 0 Å². The molecule has 0 spiro atoms. The summed E-state index contributed by atoms with van der Waals surface area (Å²) in [5.41, 5.74) is 7.66. The van der Waals surface area contributed by atoms with Crippen molar-refractivity contribution in [1.29, 1.82) is 0 Å². The Morgan fingerprint density at radius 2 is 2.17 bits per heavy atom. The van der Waals surface area contributed by atoms with Gasteiger partial charge in [-0.3, -0.25) is 0 Å². The minimum absolute atomic E-state index is 0.106. The number of hydrogen-bond donors (Lipinski definition) is 1. The van der Waals surface area contributed by atoms with Crippen LogP contribution in [-0.2, 0) is 27.6 Å². The zero-order valence-electron chi connectivity index (χ0n) is 9.92. The second-order valence-electron chi connectivity index (χ2n) is 4.79. The molecule has 98 valence electrons. The Morgan fingerprint density at radius 1 is 1.33 bits per heavy atom. The maximum absolute atomic E-state index is 11.5. The minimum Gasteiger partial charge on any atom is -0.383 e. The lowest BCUT2D eigenvalue weighted by atomic mass is 10.1. The van der Waals surface area contributed by atoms with Crippen molar-refractivity contribution in [3.8, 4) is 0 Å². The van der Waals surface area contributed by atoms with Crippen molar-refractivity contribution in [3.63, 3.8) is 0 Å². The lowest BCUT2D eigenvalue weighted by Gasteiger charge is -2.19. The van der Waals surface area contributed by atoms with E-state index in [-0.39, 0.29) is 17.4 Å². The number of rotatable bonds is 1. The monoisotopic (exact) mass is 269 g/mol. The number of nitrogens with zero attached hydrogens (tertiary/aromatic N) is 2. The number of fused-ring (bicyclic) bond motifs is 1. The fraction of sp³-hybridized carbons (Fsp3) is 0.636. The van der Waals surface area contributed by atoms with Crippen LogP contribution in [0.2, 0.25) is 0 Å². The number of hydrogen-bond acceptors (Lipinski definition) is 6. The standard InChI is InChI=1S/C11H15N3O3S/c12-10-8-5-17-3-1-9(8)13-11(14-10)7-2-4-18(15,16)6-7/h7H,1-6H2,(H2,12,13,14). The number of aromatic nitrogens is 2. The Bertz CT molecular complexity index is 585. The highest BCUT2D eigenvalue weighted by Gasteiger charge is 2.32. The summed E-state index contributed by atoms with van der Waals surface area (Å²) >= 11 is 0. The van der Waals surface area contributed by atoms with Crippen LogP contribution in [0.15, 0.2) is 0 Å². The molecular weight excluding hydrogens is 254 g/mol. The fourth-order valence-corrected chi connectivity index (χ4v) is 4.20. The molecule has 6 nitrogen and oxygen atoms in total. The molecule has 0 bridgehead atoms. The quantitative estimate of drug-likeness (QED) is 0.773. The Hall–Kier alpha value is -1.21. The summed E-state index contributed by atoms with van der Waals surface area (Å²) in [4.78, 5) is 8.74. The highest BCUT2D eigenvalue weighted by molar-refractivity contribution is 7.91. The molecule has 1 unspecified atom stereocenters. The number of anilines is 1. The lowest BCUT2D eigenvalue weighted by Crippen LogP contribution is -2.18. The Morgan fingerprint density at radius 3 is 2.89 bits per heavy atom. The van der Waals surface area contributed by atoms with Gasteiger partial charge >= 0.3 is 0 Å². The van der Waals surface area contributed by atoms with Gasteiger partial charge in [-0.25, -0.2) is 18.4 Å². The van der Waals surface area contributed by atoms with Crippen LogP contribution in [0.1, 0.15) is 29.4 Å². The van der Waals surface area contributed by atoms with Gasteiger partial charge in [0.05, 0.1) is 30.4 Å². The van der Waals surface area contributed by atoms with Crippen molar-refractivity contribution in [1.82, 2.24) is 9.97 Å². The van der Waals surface area contributed by atoms with Crippen LogP contribution in [0.3, 0.4) is 0 Å². The molecule has 0 saturated carbocycles. The van der Waals surface area contributed by atoms with Crippen molar-refractivity contribution in [3.05, 3.63) is 17.1 Å². The molecule has 18 heavy (non-hydrogen) atoms. The first-order chi connectivity index (χ1) is 8.55. The van der Waals surface area contributed by atoms with Gasteiger partial charge in [0.1, 0.15) is 11.6 Å². The molecule has 3 heterocycles. The zero-order chi connectivity index (χ0) is 12.8. The van der Waals surface area contributed by atoms with Crippen LogP contribution in [0.4, 0.5) is 5.82 Å². The number of nitrogens with two attached hydrogens (primary N) is 1. The van der Waals surface area contributed by atoms with E-state index in [1.54, 1.807) is 0 Å². The first-order valence-corrected chi connectivity index (χ1v) is 7.80. The van der Waals surface area contributed by atoms with Crippen molar-refractivity contribution in [2.24, 2.45) is 0 Å². The van der Waals surface area contributed by atoms with Crippen LogP contribution in [-0.4, -0.2) is 36.5 Å². The molecule has 1 fully saturated rings. The summed E-state index contributed by atoms with van der Waals surface area (Å²) in [6.45, 7) is 1.08. The molecule has 1 aromatic heterocycles. The maximum atomic E-state index is 11.5. The van der Waals surface area contributed by atoms with Gasteiger partial charge in [0, 0.05) is 17.9 Å². The molecule has 1 saturated heterocycles. The van der Waals surface area contributed by atoms with Crippen molar-refractivity contribution in [2.75, 3.05) is 23.8 Å². The topological polar surface area (TPSA) is 95.2 Å². The van der Waals surface area contributed by atoms with E-state index in [2.05, 4.69) is 9.97 Å². The van der Waals surface area contributed by atoms with Gasteiger partial charge in [-0.2, -0.15) is 0 Å². The maximum Gasteiger partial charge on any atom is 0.151 e. The number of sulfone groups is 1. The minimum atomic E-state index is -2.92. The summed E-state index contributed by atoms with van der Waals surface area (Å²) in [7, 11) is -2.92. The van der Waals surface area contributed by atoms with Gasteiger partial charge in [-0.15, -0.1) is 0 Å². The SMILES string of the molecule is Nc1nc(C2CCS(=O)(=O)C2)nc2c1COCC2. The molecule has 0 amide bonds. The molecule has 2 aliphatic rings. The summed E-state index contributed by atoms with van der Waals surface area (Å²) in [5, 5.41) is 0. The molecule has 1 atom stereocenters. The largest absolute Gasteiger partial charge is 0.383 e. The van der Waals surface area contributed by atoms with E-state index in [9.17, 15) is 8.42 Å². The first kappa shape index (κ1) is 11.9. The Kier molecular flexibility index (Phi) is 2.74. The third-order valence-corrected chi connectivity index (χ3v) is 5.24. The zero-order valence-corrected chi connectivity index (χ0v) is 10.7. The second kappa shape index (κ2) is 4.17. The van der Waals surface area contributed by atoms with Crippen molar-refractivity contribution >= 4 is 15.7 Å². The van der Waals surface area contributed by atoms with E-state index in [4.69, 9.17) is 10.5 Å². The molecule has 0 aromatic carbocycles. The van der Waals surface area contributed by atoms with Crippen LogP contribution in [0, 0.1) is 0 Å². The number of nitrogen functional groups attached to an aromatic ring is 1. The van der Waals surface area contributed by atoms with E-state index in [1.807, 2.05) is 0 Å². The first-order valence-electron chi connectivity index (χ1n) is 5.98. The summed E-state index contributed by atoms with van der Waals surface area (Å²) in [5.74, 6) is 1.27. The average molecular weight is 269 g/mol. The van der Waals surface area contributed by atoms with E-state index >= 15 is 0 Å². The predicted octanol–water partition coefficient (Wildman–Crippen LogP) is 0.0336. The summed E-state index contributed by atoms with van der Waals surface area (Å²) in [6.07, 6.45) is 1.31. The van der Waals surface area contributed by atoms with Crippen LogP contribution >= 0.6 is 0 Å². The van der Waals surface area contributed by atoms with Gasteiger partial charge in [0.2, 0.25) is 0 Å². The van der Waals surface area contributed by atoms with E-state index in [0.717, 1.165) is 11.3 Å². The number of ether oxygens (including phenoxy) is 1. The molecule has 0 radical (unpaired) electrons. The third-order valence-electron chi connectivity index (χ3n) is 3.47. The van der Waals surface area contributed by atoms with Gasteiger partial charge in [-0.1, -0.05) is 0 Å². The second-order valence-corrected chi connectivity index (χ2v) is 7.02. The fourth-order valence-electron chi connectivity index (χ4n) is 2.46. The molecule has 1 aromatic rings. The Labute approximate surface area is 105 Å². The predicted molar refractivity (Wildman–Crippen MR) is 65.8 cm³/mol. The normalized spacial score (nSPS) is 25.9. The van der Waals surface area contributed by atoms with E-state index in [1.165, 1.54) is 0 Å². The van der Waals surface area contributed by atoms with Gasteiger partial charge in [-0.05, 0) is 6.42 Å². The van der Waals surface area contributed by atoms with E-state index in [0.29, 0.717) is 37.7 Å². The molecule has 0 aliphatic carbocycles. The molecule has 7 heteroatoms. The Balaban J connectivity index is 1.96. The van der Waals surface area contributed by atoms with Gasteiger partial charge in [0.25, 0.3) is 0 Å². The average Bonchev–Trinajstić information content (AvgIpc) is 2.70. The van der Waals surface area contributed by atoms with Gasteiger partial charge < -0.3 is 10.5 Å². The van der Waals surface area contributed by atoms with Crippen LogP contribution in [0.25, 0.3) is 0 Å². The molecular formula is C11H15N3O3S. The van der Waals surface area contributed by atoms with Crippen molar-refractivity contribution in [2.45, 2.75) is 25.4 Å². The highest BCUT2D eigenvalue weighted by Crippen LogP contribution is 2.29. The molecule has 3 rings (SSSR count). The van der Waals surface area contributed by atoms with Crippen molar-refractivity contribution < 1.29 is 13.2 Å². The molecule has 2 N–H and O–H groups in total. The van der Waals surface area contributed by atoms with Gasteiger partial charge in [0.15, 0.2) is 9.84 Å². The third kappa shape index (κ3) is 2.08.